The molecular weight excluding hydrogens is 464 g/mol. The molecule has 0 aliphatic carbocycles. The maximum absolute atomic E-state index is 13.3. The first kappa shape index (κ1) is 24.5. The maximum Gasteiger partial charge on any atom is 0.256 e. The second-order valence-electron chi connectivity index (χ2n) is 7.33. The predicted octanol–water partition coefficient (Wildman–Crippen LogP) is 3.21. The number of amides is 3. The van der Waals surface area contributed by atoms with Crippen molar-refractivity contribution in [3.8, 4) is 5.75 Å². The van der Waals surface area contributed by atoms with E-state index in [9.17, 15) is 14.4 Å². The fourth-order valence-electron chi connectivity index (χ4n) is 3.46. The van der Waals surface area contributed by atoms with E-state index in [1.54, 1.807) is 53.4 Å². The molecule has 2 aromatic rings. The number of nitrogens with zero attached hydrogens (tertiary/aromatic N) is 2. The standard InChI is InChI=1S/C23H25ClN4O4S/c1-3-32-19-10-8-18(9-11-19)28-22(31)20(27(23(28)33)13-12-25-15(2)29)14-21(30)26-17-6-4-16(24)5-7-17/h4-11,20H,3,12-14H2,1-2H3,(H,25,29)(H,26,30). The summed E-state index contributed by atoms with van der Waals surface area (Å²) in [6.45, 7) is 4.41. The van der Waals surface area contributed by atoms with Gasteiger partial charge in [-0.1, -0.05) is 11.6 Å². The van der Waals surface area contributed by atoms with Gasteiger partial charge in [-0.3, -0.25) is 19.3 Å². The molecule has 0 radical (unpaired) electrons. The molecule has 0 aromatic heterocycles. The van der Waals surface area contributed by atoms with E-state index in [-0.39, 0.29) is 42.3 Å². The molecule has 8 nitrogen and oxygen atoms in total. The average molecular weight is 489 g/mol. The Labute approximate surface area is 202 Å². The molecule has 1 fully saturated rings. The monoisotopic (exact) mass is 488 g/mol. The zero-order valence-corrected chi connectivity index (χ0v) is 19.9. The molecule has 1 heterocycles. The minimum Gasteiger partial charge on any atom is -0.494 e. The lowest BCUT2D eigenvalue weighted by Gasteiger charge is -2.24. The van der Waals surface area contributed by atoms with E-state index in [4.69, 9.17) is 28.6 Å². The summed E-state index contributed by atoms with van der Waals surface area (Å²) in [5, 5.41) is 6.31. The lowest BCUT2D eigenvalue weighted by atomic mass is 10.1. The van der Waals surface area contributed by atoms with Crippen LogP contribution in [-0.4, -0.2) is 53.5 Å². The molecule has 1 unspecified atom stereocenters. The van der Waals surface area contributed by atoms with Crippen LogP contribution in [0, 0.1) is 0 Å². The third-order valence-electron chi connectivity index (χ3n) is 4.96. The number of anilines is 2. The molecule has 1 aliphatic rings. The molecule has 3 rings (SSSR count). The molecule has 174 valence electrons. The van der Waals surface area contributed by atoms with Crippen LogP contribution in [0.5, 0.6) is 5.75 Å². The summed E-state index contributed by atoms with van der Waals surface area (Å²) in [4.78, 5) is 40.5. The topological polar surface area (TPSA) is 91.0 Å². The quantitative estimate of drug-likeness (QED) is 0.527. The average Bonchev–Trinajstić information content (AvgIpc) is 3.00. The van der Waals surface area contributed by atoms with Gasteiger partial charge in [0.05, 0.1) is 18.7 Å². The molecule has 1 saturated heterocycles. The molecule has 2 N–H and O–H groups in total. The van der Waals surface area contributed by atoms with Crippen molar-refractivity contribution < 1.29 is 19.1 Å². The van der Waals surface area contributed by atoms with Crippen molar-refractivity contribution in [1.29, 1.82) is 0 Å². The van der Waals surface area contributed by atoms with Crippen molar-refractivity contribution in [3.63, 3.8) is 0 Å². The molecule has 0 saturated carbocycles. The highest BCUT2D eigenvalue weighted by Crippen LogP contribution is 2.29. The highest BCUT2D eigenvalue weighted by Gasteiger charge is 2.43. The summed E-state index contributed by atoms with van der Waals surface area (Å²) >= 11 is 11.5. The van der Waals surface area contributed by atoms with Crippen molar-refractivity contribution in [3.05, 3.63) is 53.6 Å². The van der Waals surface area contributed by atoms with E-state index in [2.05, 4.69) is 10.6 Å². The number of thiocarbonyl (C=S) groups is 1. The van der Waals surface area contributed by atoms with Crippen molar-refractivity contribution >= 4 is 58.0 Å². The largest absolute Gasteiger partial charge is 0.494 e. The van der Waals surface area contributed by atoms with Gasteiger partial charge in [-0.05, 0) is 67.7 Å². The Bertz CT molecular complexity index is 1030. The van der Waals surface area contributed by atoms with Gasteiger partial charge in [0, 0.05) is 30.7 Å². The van der Waals surface area contributed by atoms with Crippen molar-refractivity contribution in [2.75, 3.05) is 29.9 Å². The Morgan fingerprint density at radius 3 is 2.39 bits per heavy atom. The smallest absolute Gasteiger partial charge is 0.256 e. The van der Waals surface area contributed by atoms with Gasteiger partial charge in [-0.2, -0.15) is 0 Å². The van der Waals surface area contributed by atoms with Crippen LogP contribution in [0.4, 0.5) is 11.4 Å². The molecule has 0 spiro atoms. The summed E-state index contributed by atoms with van der Waals surface area (Å²) in [5.74, 6) is -0.151. The van der Waals surface area contributed by atoms with Crippen LogP contribution >= 0.6 is 23.8 Å². The van der Waals surface area contributed by atoms with Gasteiger partial charge in [-0.15, -0.1) is 0 Å². The highest BCUT2D eigenvalue weighted by molar-refractivity contribution is 7.80. The van der Waals surface area contributed by atoms with Crippen LogP contribution in [0.3, 0.4) is 0 Å². The van der Waals surface area contributed by atoms with Crippen LogP contribution in [0.25, 0.3) is 0 Å². The van der Waals surface area contributed by atoms with Crippen LogP contribution in [0.1, 0.15) is 20.3 Å². The van der Waals surface area contributed by atoms with Crippen LogP contribution in [0.2, 0.25) is 5.02 Å². The number of benzene rings is 2. The number of hydrogen-bond donors (Lipinski definition) is 2. The van der Waals surface area contributed by atoms with E-state index < -0.39 is 6.04 Å². The third kappa shape index (κ3) is 6.21. The SMILES string of the molecule is CCOc1ccc(N2C(=O)C(CC(=O)Nc3ccc(Cl)cc3)N(CCNC(C)=O)C2=S)cc1. The van der Waals surface area contributed by atoms with Gasteiger partial charge in [0.25, 0.3) is 5.91 Å². The van der Waals surface area contributed by atoms with Crippen LogP contribution in [-0.2, 0) is 14.4 Å². The normalized spacial score (nSPS) is 15.5. The van der Waals surface area contributed by atoms with E-state index in [1.165, 1.54) is 11.8 Å². The van der Waals surface area contributed by atoms with Crippen LogP contribution in [0.15, 0.2) is 48.5 Å². The van der Waals surface area contributed by atoms with Gasteiger partial charge < -0.3 is 20.3 Å². The Kier molecular flexibility index (Phi) is 8.24. The van der Waals surface area contributed by atoms with Crippen molar-refractivity contribution in [2.45, 2.75) is 26.3 Å². The lowest BCUT2D eigenvalue weighted by Crippen LogP contribution is -2.42. The fraction of sp³-hybridized carbons (Fsp3) is 0.304. The molecule has 33 heavy (non-hydrogen) atoms. The van der Waals surface area contributed by atoms with Crippen LogP contribution < -0.4 is 20.3 Å². The summed E-state index contributed by atoms with van der Waals surface area (Å²) in [7, 11) is 0. The molecule has 1 atom stereocenters. The van der Waals surface area contributed by atoms with E-state index in [0.717, 1.165) is 0 Å². The first-order chi connectivity index (χ1) is 15.8. The van der Waals surface area contributed by atoms with Crippen molar-refractivity contribution in [1.82, 2.24) is 10.2 Å². The summed E-state index contributed by atoms with van der Waals surface area (Å²) < 4.78 is 5.46. The number of carbonyl (C=O) groups is 3. The zero-order chi connectivity index (χ0) is 24.0. The van der Waals surface area contributed by atoms with Gasteiger partial charge >= 0.3 is 0 Å². The first-order valence-corrected chi connectivity index (χ1v) is 11.3. The Hall–Kier alpha value is -3.17. The van der Waals surface area contributed by atoms with Gasteiger partial charge in [0.15, 0.2) is 5.11 Å². The van der Waals surface area contributed by atoms with E-state index in [0.29, 0.717) is 28.8 Å². The molecular formula is C23H25ClN4O4S. The van der Waals surface area contributed by atoms with E-state index in [1.807, 2.05) is 6.92 Å². The Balaban J connectivity index is 1.79. The highest BCUT2D eigenvalue weighted by atomic mass is 35.5. The predicted molar refractivity (Wildman–Crippen MR) is 132 cm³/mol. The number of ether oxygens (including phenoxy) is 1. The van der Waals surface area contributed by atoms with Gasteiger partial charge in [0.2, 0.25) is 11.8 Å². The minimum absolute atomic E-state index is 0.102. The summed E-state index contributed by atoms with van der Waals surface area (Å²) in [6.07, 6.45) is -0.102. The number of hydrogen-bond acceptors (Lipinski definition) is 5. The zero-order valence-electron chi connectivity index (χ0n) is 18.3. The molecule has 1 aliphatic heterocycles. The minimum atomic E-state index is -0.801. The lowest BCUT2D eigenvalue weighted by molar-refractivity contribution is -0.124. The summed E-state index contributed by atoms with van der Waals surface area (Å²) in [5.41, 5.74) is 1.16. The number of carbonyl (C=O) groups excluding carboxylic acids is 3. The molecule has 10 heteroatoms. The number of halogens is 1. The summed E-state index contributed by atoms with van der Waals surface area (Å²) in [6, 6.07) is 12.9. The maximum atomic E-state index is 13.3. The van der Waals surface area contributed by atoms with Gasteiger partial charge in [0.1, 0.15) is 11.8 Å². The number of rotatable bonds is 9. The third-order valence-corrected chi connectivity index (χ3v) is 5.63. The Morgan fingerprint density at radius 1 is 1.12 bits per heavy atom. The second-order valence-corrected chi connectivity index (χ2v) is 8.14. The molecule has 2 aromatic carbocycles. The molecule has 3 amide bonds. The fourth-order valence-corrected chi connectivity index (χ4v) is 4.00. The Morgan fingerprint density at radius 2 is 1.79 bits per heavy atom. The van der Waals surface area contributed by atoms with E-state index >= 15 is 0 Å². The first-order valence-electron chi connectivity index (χ1n) is 10.5. The van der Waals surface area contributed by atoms with Gasteiger partial charge in [-0.25, -0.2) is 0 Å². The second kappa shape index (κ2) is 11.1. The number of nitrogens with one attached hydrogen (secondary N) is 2. The molecule has 0 bridgehead atoms. The van der Waals surface area contributed by atoms with Crippen molar-refractivity contribution in [2.24, 2.45) is 0 Å².